The Morgan fingerprint density at radius 2 is 1.92 bits per heavy atom. The molecular formula is C18H25ClN2O3S. The van der Waals surface area contributed by atoms with Gasteiger partial charge in [-0.15, -0.1) is 0 Å². The number of piperazine rings is 1. The average Bonchev–Trinajstić information content (AvgIpc) is 2.83. The van der Waals surface area contributed by atoms with Crippen LogP contribution >= 0.6 is 11.6 Å². The summed E-state index contributed by atoms with van der Waals surface area (Å²) < 4.78 is 24.6. The van der Waals surface area contributed by atoms with Crippen LogP contribution in [0.3, 0.4) is 0 Å². The van der Waals surface area contributed by atoms with E-state index in [4.69, 9.17) is 11.6 Å². The molecule has 2 atom stereocenters. The number of carbonyl (C=O) groups is 1. The molecule has 1 amide bonds. The van der Waals surface area contributed by atoms with Crippen molar-refractivity contribution in [3.63, 3.8) is 0 Å². The van der Waals surface area contributed by atoms with Gasteiger partial charge in [-0.3, -0.25) is 9.69 Å². The van der Waals surface area contributed by atoms with Crippen LogP contribution in [-0.4, -0.2) is 55.9 Å². The molecular weight excluding hydrogens is 360 g/mol. The number of sulfone groups is 1. The van der Waals surface area contributed by atoms with Crippen LogP contribution in [0.4, 0.5) is 5.69 Å². The maximum absolute atomic E-state index is 12.8. The molecule has 0 unspecified atom stereocenters. The maximum Gasteiger partial charge on any atom is 0.241 e. The Balaban J connectivity index is 1.93. The fraction of sp³-hybridized carbons (Fsp3) is 0.611. The Hall–Kier alpha value is -1.11. The van der Waals surface area contributed by atoms with E-state index in [-0.39, 0.29) is 36.0 Å². The van der Waals surface area contributed by atoms with E-state index in [1.54, 1.807) is 11.0 Å². The van der Waals surface area contributed by atoms with Gasteiger partial charge >= 0.3 is 0 Å². The summed E-state index contributed by atoms with van der Waals surface area (Å²) in [5.74, 6) is 0.606. The van der Waals surface area contributed by atoms with Crippen molar-refractivity contribution in [2.24, 2.45) is 5.92 Å². The van der Waals surface area contributed by atoms with E-state index in [1.807, 2.05) is 19.1 Å². The molecule has 7 heteroatoms. The molecule has 0 bridgehead atoms. The summed E-state index contributed by atoms with van der Waals surface area (Å²) in [4.78, 5) is 16.6. The molecule has 5 nitrogen and oxygen atoms in total. The molecule has 2 heterocycles. The number of rotatable bonds is 4. The normalized spacial score (nSPS) is 26.3. The number of benzene rings is 1. The lowest BCUT2D eigenvalue weighted by Crippen LogP contribution is -2.62. The van der Waals surface area contributed by atoms with Gasteiger partial charge in [0, 0.05) is 16.8 Å². The van der Waals surface area contributed by atoms with Crippen molar-refractivity contribution in [2.75, 3.05) is 29.5 Å². The first-order valence-electron chi connectivity index (χ1n) is 8.70. The second kappa shape index (κ2) is 6.89. The van der Waals surface area contributed by atoms with Crippen molar-refractivity contribution in [3.05, 3.63) is 28.8 Å². The van der Waals surface area contributed by atoms with Crippen LogP contribution in [0.2, 0.25) is 5.02 Å². The molecule has 0 aromatic heterocycles. The Morgan fingerprint density at radius 1 is 1.24 bits per heavy atom. The van der Waals surface area contributed by atoms with Gasteiger partial charge in [0.1, 0.15) is 0 Å². The fourth-order valence-electron chi connectivity index (χ4n) is 3.69. The third-order valence-corrected chi connectivity index (χ3v) is 7.23. The molecule has 2 fully saturated rings. The molecule has 0 saturated carbocycles. The van der Waals surface area contributed by atoms with E-state index >= 15 is 0 Å². The van der Waals surface area contributed by atoms with E-state index < -0.39 is 9.84 Å². The number of fused-ring (bicyclic) bond motifs is 1. The van der Waals surface area contributed by atoms with Crippen LogP contribution in [0.15, 0.2) is 18.2 Å². The second-order valence-corrected chi connectivity index (χ2v) is 10.1. The van der Waals surface area contributed by atoms with E-state index in [9.17, 15) is 13.2 Å². The Bertz CT molecular complexity index is 779. The molecule has 2 aliphatic heterocycles. The summed E-state index contributed by atoms with van der Waals surface area (Å²) in [6, 6.07) is 5.01. The molecule has 3 rings (SSSR count). The monoisotopic (exact) mass is 384 g/mol. The van der Waals surface area contributed by atoms with Crippen molar-refractivity contribution in [1.82, 2.24) is 4.90 Å². The van der Waals surface area contributed by atoms with Gasteiger partial charge in [-0.25, -0.2) is 8.42 Å². The van der Waals surface area contributed by atoms with Crippen molar-refractivity contribution in [3.8, 4) is 0 Å². The Morgan fingerprint density at radius 3 is 2.56 bits per heavy atom. The smallest absolute Gasteiger partial charge is 0.241 e. The molecule has 1 aromatic rings. The lowest BCUT2D eigenvalue weighted by molar-refractivity contribution is -0.123. The van der Waals surface area contributed by atoms with E-state index in [0.29, 0.717) is 16.6 Å². The molecule has 0 radical (unpaired) electrons. The van der Waals surface area contributed by atoms with Gasteiger partial charge in [-0.1, -0.05) is 31.5 Å². The predicted octanol–water partition coefficient (Wildman–Crippen LogP) is 2.51. The van der Waals surface area contributed by atoms with Gasteiger partial charge in [0.2, 0.25) is 5.91 Å². The summed E-state index contributed by atoms with van der Waals surface area (Å²) in [6.45, 7) is 7.18. The molecule has 0 aliphatic carbocycles. The van der Waals surface area contributed by atoms with Gasteiger partial charge in [0.15, 0.2) is 9.84 Å². The van der Waals surface area contributed by atoms with Gasteiger partial charge in [0.05, 0.1) is 24.1 Å². The van der Waals surface area contributed by atoms with E-state index in [2.05, 4.69) is 18.7 Å². The molecule has 0 spiro atoms. The lowest BCUT2D eigenvalue weighted by atomic mass is 10.0. The largest absolute Gasteiger partial charge is 0.306 e. The molecule has 2 aliphatic rings. The van der Waals surface area contributed by atoms with Crippen LogP contribution in [0, 0.1) is 12.8 Å². The first kappa shape index (κ1) is 18.7. The predicted molar refractivity (Wildman–Crippen MR) is 101 cm³/mol. The number of halogens is 1. The minimum absolute atomic E-state index is 0.0209. The summed E-state index contributed by atoms with van der Waals surface area (Å²) in [6.07, 6.45) is 0.951. The Kier molecular flexibility index (Phi) is 5.15. The first-order chi connectivity index (χ1) is 11.7. The topological polar surface area (TPSA) is 57.7 Å². The number of aryl methyl sites for hydroxylation is 1. The van der Waals surface area contributed by atoms with Gasteiger partial charge in [-0.05, 0) is 43.5 Å². The molecule has 2 saturated heterocycles. The number of amides is 1. The van der Waals surface area contributed by atoms with E-state index in [0.717, 1.165) is 18.5 Å². The summed E-state index contributed by atoms with van der Waals surface area (Å²) in [7, 11) is -3.15. The van der Waals surface area contributed by atoms with Gasteiger partial charge < -0.3 is 4.90 Å². The van der Waals surface area contributed by atoms with Crippen molar-refractivity contribution in [2.45, 2.75) is 39.3 Å². The van der Waals surface area contributed by atoms with Crippen molar-refractivity contribution < 1.29 is 13.2 Å². The number of hydrogen-bond acceptors (Lipinski definition) is 4. The zero-order valence-electron chi connectivity index (χ0n) is 14.9. The number of nitrogens with zero attached hydrogens (tertiary/aromatic N) is 2. The zero-order valence-corrected chi connectivity index (χ0v) is 16.5. The first-order valence-corrected chi connectivity index (χ1v) is 10.9. The number of carbonyl (C=O) groups excluding carboxylic acids is 1. The SMILES string of the molecule is Cc1ccc(N2C(=O)CN(CCC(C)C)[C@H]3CS(=O)(=O)C[C@H]32)cc1Cl. The summed E-state index contributed by atoms with van der Waals surface area (Å²) >= 11 is 6.23. The highest BCUT2D eigenvalue weighted by Gasteiger charge is 2.49. The van der Waals surface area contributed by atoms with Crippen LogP contribution in [0.5, 0.6) is 0 Å². The lowest BCUT2D eigenvalue weighted by Gasteiger charge is -2.43. The maximum atomic E-state index is 12.8. The highest BCUT2D eigenvalue weighted by atomic mass is 35.5. The third kappa shape index (κ3) is 3.86. The molecule has 138 valence electrons. The Labute approximate surface area is 154 Å². The minimum atomic E-state index is -3.15. The van der Waals surface area contributed by atoms with Crippen LogP contribution in [0.25, 0.3) is 0 Å². The number of anilines is 1. The van der Waals surface area contributed by atoms with Crippen LogP contribution < -0.4 is 4.90 Å². The highest BCUT2D eigenvalue weighted by molar-refractivity contribution is 7.91. The third-order valence-electron chi connectivity index (χ3n) is 5.13. The summed E-state index contributed by atoms with van der Waals surface area (Å²) in [5, 5.41) is 0.588. The number of hydrogen-bond donors (Lipinski definition) is 0. The van der Waals surface area contributed by atoms with Crippen LogP contribution in [-0.2, 0) is 14.6 Å². The minimum Gasteiger partial charge on any atom is -0.306 e. The molecule has 1 aromatic carbocycles. The quantitative estimate of drug-likeness (QED) is 0.800. The van der Waals surface area contributed by atoms with Gasteiger partial charge in [0.25, 0.3) is 0 Å². The van der Waals surface area contributed by atoms with Crippen molar-refractivity contribution >= 4 is 33.0 Å². The van der Waals surface area contributed by atoms with Crippen molar-refractivity contribution in [1.29, 1.82) is 0 Å². The summed E-state index contributed by atoms with van der Waals surface area (Å²) in [5.41, 5.74) is 1.63. The van der Waals surface area contributed by atoms with Gasteiger partial charge in [-0.2, -0.15) is 0 Å². The zero-order chi connectivity index (χ0) is 18.4. The second-order valence-electron chi connectivity index (χ2n) is 7.56. The molecule has 0 N–H and O–H groups in total. The van der Waals surface area contributed by atoms with E-state index in [1.165, 1.54) is 0 Å². The highest BCUT2D eigenvalue weighted by Crippen LogP contribution is 2.33. The fourth-order valence-corrected chi connectivity index (χ4v) is 5.85. The molecule has 25 heavy (non-hydrogen) atoms. The average molecular weight is 385 g/mol. The van der Waals surface area contributed by atoms with Crippen LogP contribution in [0.1, 0.15) is 25.8 Å². The standard InChI is InChI=1S/C18H25ClN2O3S/c1-12(2)6-7-20-9-18(22)21(14-5-4-13(3)15(19)8-14)17-11-25(23,24)10-16(17)20/h4-5,8,12,16-17H,6-7,9-11H2,1-3H3/t16-,17+/m0/s1.